The van der Waals surface area contributed by atoms with Crippen molar-refractivity contribution in [1.82, 2.24) is 0 Å². The van der Waals surface area contributed by atoms with Gasteiger partial charge in [-0.15, -0.1) is 0 Å². The van der Waals surface area contributed by atoms with Crippen molar-refractivity contribution in [3.63, 3.8) is 0 Å². The topological polar surface area (TPSA) is 49.3 Å². The Labute approximate surface area is 96.6 Å². The van der Waals surface area contributed by atoms with Gasteiger partial charge in [-0.25, -0.2) is 0 Å². The summed E-state index contributed by atoms with van der Waals surface area (Å²) in [7, 11) is 0. The summed E-state index contributed by atoms with van der Waals surface area (Å²) in [5, 5.41) is 12.2. The third kappa shape index (κ3) is 1.86. The van der Waals surface area contributed by atoms with Crippen LogP contribution < -0.4 is 5.32 Å². The summed E-state index contributed by atoms with van der Waals surface area (Å²) >= 11 is 3.40. The number of nitrogens with one attached hydrogen (secondary N) is 1. The third-order valence-corrected chi connectivity index (χ3v) is 3.41. The first-order valence-electron chi connectivity index (χ1n) is 4.85. The van der Waals surface area contributed by atoms with Crippen LogP contribution in [0.15, 0.2) is 22.7 Å². The van der Waals surface area contributed by atoms with Crippen LogP contribution in [-0.2, 0) is 4.79 Å². The fourth-order valence-corrected chi connectivity index (χ4v) is 2.33. The third-order valence-electron chi connectivity index (χ3n) is 2.92. The number of carboxylic acids is 1. The van der Waals surface area contributed by atoms with Crippen LogP contribution in [0, 0.1) is 5.92 Å². The quantitative estimate of drug-likeness (QED) is 0.868. The molecule has 0 saturated heterocycles. The zero-order valence-electron chi connectivity index (χ0n) is 8.33. The first-order chi connectivity index (χ1) is 7.09. The molecule has 1 aliphatic heterocycles. The number of benzene rings is 1. The van der Waals surface area contributed by atoms with Crippen LogP contribution >= 0.6 is 15.9 Å². The Hall–Kier alpha value is -1.03. The number of aliphatic carboxylic acids is 1. The smallest absolute Gasteiger partial charge is 0.306 e. The zero-order chi connectivity index (χ0) is 11.0. The predicted octanol–water partition coefficient (Wildman–Crippen LogP) is 2.68. The van der Waals surface area contributed by atoms with Gasteiger partial charge < -0.3 is 10.4 Å². The van der Waals surface area contributed by atoms with E-state index in [2.05, 4.69) is 21.2 Å². The van der Waals surface area contributed by atoms with Gasteiger partial charge in [0.15, 0.2) is 0 Å². The van der Waals surface area contributed by atoms with E-state index < -0.39 is 5.97 Å². The minimum absolute atomic E-state index is 0.0648. The van der Waals surface area contributed by atoms with Crippen molar-refractivity contribution in [2.24, 2.45) is 5.92 Å². The van der Waals surface area contributed by atoms with Crippen molar-refractivity contribution in [2.45, 2.75) is 12.8 Å². The summed E-state index contributed by atoms with van der Waals surface area (Å²) in [6.45, 7) is 2.46. The normalized spacial score (nSPS) is 20.5. The number of hydrogen-bond acceptors (Lipinski definition) is 2. The van der Waals surface area contributed by atoms with E-state index in [1.54, 1.807) is 6.92 Å². The monoisotopic (exact) mass is 269 g/mol. The highest BCUT2D eigenvalue weighted by Crippen LogP contribution is 2.37. The highest BCUT2D eigenvalue weighted by atomic mass is 79.9. The average molecular weight is 270 g/mol. The van der Waals surface area contributed by atoms with Crippen LogP contribution in [0.25, 0.3) is 0 Å². The zero-order valence-corrected chi connectivity index (χ0v) is 9.91. The summed E-state index contributed by atoms with van der Waals surface area (Å²) in [6, 6.07) is 5.94. The van der Waals surface area contributed by atoms with Gasteiger partial charge in [-0.3, -0.25) is 4.79 Å². The summed E-state index contributed by atoms with van der Waals surface area (Å²) < 4.78 is 0.993. The Morgan fingerprint density at radius 1 is 1.67 bits per heavy atom. The maximum atomic E-state index is 10.9. The van der Waals surface area contributed by atoms with Crippen LogP contribution in [0.4, 0.5) is 5.69 Å². The van der Waals surface area contributed by atoms with Gasteiger partial charge >= 0.3 is 5.97 Å². The lowest BCUT2D eigenvalue weighted by Crippen LogP contribution is -2.20. The standard InChI is InChI=1S/C11H12BrNO2/c1-6(11(14)15)9-5-13-10-3-2-7(12)4-8(9)10/h2-4,6,9,13H,5H2,1H3,(H,14,15). The Balaban J connectivity index is 2.35. The minimum atomic E-state index is -0.741. The van der Waals surface area contributed by atoms with Crippen molar-refractivity contribution < 1.29 is 9.90 Å². The van der Waals surface area contributed by atoms with Crippen LogP contribution in [0.1, 0.15) is 18.4 Å². The fraction of sp³-hybridized carbons (Fsp3) is 0.364. The molecule has 1 aliphatic rings. The van der Waals surface area contributed by atoms with Gasteiger partial charge in [0, 0.05) is 22.6 Å². The molecule has 4 heteroatoms. The number of rotatable bonds is 2. The molecular weight excluding hydrogens is 258 g/mol. The van der Waals surface area contributed by atoms with Crippen LogP contribution in [0.3, 0.4) is 0 Å². The van der Waals surface area contributed by atoms with Gasteiger partial charge in [0.05, 0.1) is 5.92 Å². The molecule has 3 nitrogen and oxygen atoms in total. The van der Waals surface area contributed by atoms with Crippen LogP contribution in [-0.4, -0.2) is 17.6 Å². The highest BCUT2D eigenvalue weighted by molar-refractivity contribution is 9.10. The fourth-order valence-electron chi connectivity index (χ4n) is 1.95. The molecule has 1 heterocycles. The lowest BCUT2D eigenvalue weighted by molar-refractivity contribution is -0.141. The van der Waals surface area contributed by atoms with E-state index in [1.165, 1.54) is 0 Å². The van der Waals surface area contributed by atoms with Crippen LogP contribution in [0.2, 0.25) is 0 Å². The van der Waals surface area contributed by atoms with E-state index in [-0.39, 0.29) is 11.8 Å². The molecule has 0 fully saturated rings. The molecular formula is C11H12BrNO2. The van der Waals surface area contributed by atoms with Gasteiger partial charge in [-0.05, 0) is 23.8 Å². The van der Waals surface area contributed by atoms with E-state index in [0.29, 0.717) is 6.54 Å². The molecule has 0 radical (unpaired) electrons. The SMILES string of the molecule is CC(C(=O)O)C1CNc2ccc(Br)cc21. The largest absolute Gasteiger partial charge is 0.481 e. The lowest BCUT2D eigenvalue weighted by Gasteiger charge is -2.14. The van der Waals surface area contributed by atoms with Gasteiger partial charge in [-0.1, -0.05) is 22.9 Å². The average Bonchev–Trinajstić information content (AvgIpc) is 2.59. The Kier molecular flexibility index (Phi) is 2.69. The predicted molar refractivity (Wildman–Crippen MR) is 62.2 cm³/mol. The molecule has 0 aliphatic carbocycles. The Bertz CT molecular complexity index is 406. The molecule has 2 atom stereocenters. The molecule has 2 N–H and O–H groups in total. The minimum Gasteiger partial charge on any atom is -0.481 e. The summed E-state index contributed by atoms with van der Waals surface area (Å²) in [4.78, 5) is 10.9. The number of anilines is 1. The number of fused-ring (bicyclic) bond motifs is 1. The van der Waals surface area contributed by atoms with Crippen molar-refractivity contribution in [3.8, 4) is 0 Å². The van der Waals surface area contributed by atoms with Crippen molar-refractivity contribution in [3.05, 3.63) is 28.2 Å². The molecule has 0 bridgehead atoms. The van der Waals surface area contributed by atoms with Gasteiger partial charge in [-0.2, -0.15) is 0 Å². The second-order valence-corrected chi connectivity index (χ2v) is 4.76. The molecule has 1 aromatic rings. The first-order valence-corrected chi connectivity index (χ1v) is 5.65. The number of carbonyl (C=O) groups is 1. The molecule has 2 rings (SSSR count). The van der Waals surface area contributed by atoms with Crippen molar-refractivity contribution >= 4 is 27.6 Å². The maximum absolute atomic E-state index is 10.9. The van der Waals surface area contributed by atoms with Gasteiger partial charge in [0.25, 0.3) is 0 Å². The number of carboxylic acid groups (broad SMARTS) is 1. The molecule has 0 spiro atoms. The second-order valence-electron chi connectivity index (χ2n) is 3.85. The molecule has 1 aromatic carbocycles. The molecule has 0 amide bonds. The van der Waals surface area contributed by atoms with E-state index in [0.717, 1.165) is 15.7 Å². The summed E-state index contributed by atoms with van der Waals surface area (Å²) in [5.74, 6) is -1.03. The van der Waals surface area contributed by atoms with E-state index in [4.69, 9.17) is 5.11 Å². The van der Waals surface area contributed by atoms with E-state index >= 15 is 0 Å². The second kappa shape index (κ2) is 3.85. The Morgan fingerprint density at radius 3 is 3.07 bits per heavy atom. The lowest BCUT2D eigenvalue weighted by atomic mass is 9.89. The number of halogens is 1. The van der Waals surface area contributed by atoms with E-state index in [9.17, 15) is 4.79 Å². The molecule has 0 aromatic heterocycles. The number of hydrogen-bond donors (Lipinski definition) is 2. The van der Waals surface area contributed by atoms with Crippen molar-refractivity contribution in [2.75, 3.05) is 11.9 Å². The molecule has 2 unspecified atom stereocenters. The Morgan fingerprint density at radius 2 is 2.40 bits per heavy atom. The first kappa shape index (κ1) is 10.5. The molecule has 0 saturated carbocycles. The molecule has 80 valence electrons. The maximum Gasteiger partial charge on any atom is 0.306 e. The molecule has 15 heavy (non-hydrogen) atoms. The van der Waals surface area contributed by atoms with Gasteiger partial charge in [0.1, 0.15) is 0 Å². The van der Waals surface area contributed by atoms with Gasteiger partial charge in [0.2, 0.25) is 0 Å². The summed E-state index contributed by atoms with van der Waals surface area (Å²) in [6.07, 6.45) is 0. The highest BCUT2D eigenvalue weighted by Gasteiger charge is 2.31. The van der Waals surface area contributed by atoms with E-state index in [1.807, 2.05) is 18.2 Å². The van der Waals surface area contributed by atoms with Crippen LogP contribution in [0.5, 0.6) is 0 Å². The van der Waals surface area contributed by atoms with Crippen molar-refractivity contribution in [1.29, 1.82) is 0 Å². The summed E-state index contributed by atoms with van der Waals surface area (Å²) in [5.41, 5.74) is 2.15.